The minimum Gasteiger partial charge on any atom is -0.508 e. The van der Waals surface area contributed by atoms with Gasteiger partial charge in [0.25, 0.3) is 0 Å². The van der Waals surface area contributed by atoms with Crippen molar-refractivity contribution in [3.63, 3.8) is 0 Å². The van der Waals surface area contributed by atoms with E-state index in [2.05, 4.69) is 5.32 Å². The minimum absolute atomic E-state index is 0.0432. The van der Waals surface area contributed by atoms with Crippen molar-refractivity contribution in [2.45, 2.75) is 6.42 Å². The number of carbonyl (C=O) groups is 2. The fourth-order valence-corrected chi connectivity index (χ4v) is 1.83. The molecule has 2 rings (SSSR count). The monoisotopic (exact) mass is 289 g/mol. The van der Waals surface area contributed by atoms with E-state index in [1.807, 2.05) is 0 Å². The highest BCUT2D eigenvalue weighted by Gasteiger charge is 2.14. The van der Waals surface area contributed by atoms with Crippen molar-refractivity contribution in [2.24, 2.45) is 0 Å². The predicted octanol–water partition coefficient (Wildman–Crippen LogP) is 2.41. The van der Waals surface area contributed by atoms with E-state index in [0.717, 1.165) is 6.07 Å². The van der Waals surface area contributed by atoms with E-state index in [1.165, 1.54) is 30.3 Å². The molecule has 6 heteroatoms. The van der Waals surface area contributed by atoms with Crippen LogP contribution < -0.4 is 5.32 Å². The summed E-state index contributed by atoms with van der Waals surface area (Å²) in [4.78, 5) is 22.9. The standard InChI is InChI=1S/C15H12FNO4/c16-12-4-2-1-3-9(12)7-14(19)17-13-6-5-10(18)8-11(13)15(20)21/h1-6,8,18H,7H2,(H,17,19)(H,20,21). The third-order valence-electron chi connectivity index (χ3n) is 2.82. The Kier molecular flexibility index (Phi) is 4.18. The van der Waals surface area contributed by atoms with Crippen LogP contribution in [-0.4, -0.2) is 22.1 Å². The summed E-state index contributed by atoms with van der Waals surface area (Å²) in [7, 11) is 0. The molecule has 0 radical (unpaired) electrons. The van der Waals surface area contributed by atoms with Crippen LogP contribution in [-0.2, 0) is 11.2 Å². The first-order valence-electron chi connectivity index (χ1n) is 6.07. The zero-order chi connectivity index (χ0) is 15.4. The van der Waals surface area contributed by atoms with Gasteiger partial charge in [-0.3, -0.25) is 4.79 Å². The Morgan fingerprint density at radius 3 is 2.52 bits per heavy atom. The third-order valence-corrected chi connectivity index (χ3v) is 2.82. The van der Waals surface area contributed by atoms with Crippen molar-refractivity contribution in [2.75, 3.05) is 5.32 Å². The topological polar surface area (TPSA) is 86.6 Å². The maximum atomic E-state index is 13.4. The summed E-state index contributed by atoms with van der Waals surface area (Å²) >= 11 is 0. The van der Waals surface area contributed by atoms with Gasteiger partial charge in [0.1, 0.15) is 11.6 Å². The van der Waals surface area contributed by atoms with E-state index in [-0.39, 0.29) is 29.0 Å². The number of benzene rings is 2. The van der Waals surface area contributed by atoms with Gasteiger partial charge in [-0.25, -0.2) is 9.18 Å². The van der Waals surface area contributed by atoms with Crippen molar-refractivity contribution in [1.82, 2.24) is 0 Å². The van der Waals surface area contributed by atoms with Gasteiger partial charge in [0.2, 0.25) is 5.91 Å². The van der Waals surface area contributed by atoms with Gasteiger partial charge in [0.15, 0.2) is 0 Å². The number of rotatable bonds is 4. The lowest BCUT2D eigenvalue weighted by atomic mass is 10.1. The number of anilines is 1. The van der Waals surface area contributed by atoms with E-state index in [0.29, 0.717) is 0 Å². The molecular formula is C15H12FNO4. The highest BCUT2D eigenvalue weighted by atomic mass is 19.1. The molecule has 0 aliphatic carbocycles. The third kappa shape index (κ3) is 3.56. The molecular weight excluding hydrogens is 277 g/mol. The Bertz CT molecular complexity index is 700. The molecule has 21 heavy (non-hydrogen) atoms. The summed E-state index contributed by atoms with van der Waals surface area (Å²) in [6, 6.07) is 9.40. The summed E-state index contributed by atoms with van der Waals surface area (Å²) < 4.78 is 13.4. The van der Waals surface area contributed by atoms with Gasteiger partial charge in [-0.2, -0.15) is 0 Å². The molecule has 2 aromatic rings. The molecule has 3 N–H and O–H groups in total. The lowest BCUT2D eigenvalue weighted by Gasteiger charge is -2.09. The number of phenolic OH excluding ortho intramolecular Hbond substituents is 1. The van der Waals surface area contributed by atoms with E-state index in [9.17, 15) is 19.1 Å². The van der Waals surface area contributed by atoms with Crippen LogP contribution in [0.4, 0.5) is 10.1 Å². The molecule has 0 spiro atoms. The number of hydrogen-bond donors (Lipinski definition) is 3. The zero-order valence-electron chi connectivity index (χ0n) is 10.8. The second-order valence-corrected chi connectivity index (χ2v) is 4.35. The first kappa shape index (κ1) is 14.5. The molecule has 0 fully saturated rings. The number of nitrogens with one attached hydrogen (secondary N) is 1. The van der Waals surface area contributed by atoms with Crippen LogP contribution in [0, 0.1) is 5.82 Å². The van der Waals surface area contributed by atoms with Gasteiger partial charge in [0.05, 0.1) is 17.7 Å². The van der Waals surface area contributed by atoms with Gasteiger partial charge in [-0.05, 0) is 29.8 Å². The van der Waals surface area contributed by atoms with Gasteiger partial charge in [-0.15, -0.1) is 0 Å². The Hall–Kier alpha value is -2.89. The lowest BCUT2D eigenvalue weighted by Crippen LogP contribution is -2.17. The largest absolute Gasteiger partial charge is 0.508 e. The number of phenols is 1. The first-order valence-corrected chi connectivity index (χ1v) is 6.07. The van der Waals surface area contributed by atoms with Crippen LogP contribution in [0.2, 0.25) is 0 Å². The summed E-state index contributed by atoms with van der Waals surface area (Å²) in [5.41, 5.74) is 0.0178. The second-order valence-electron chi connectivity index (χ2n) is 4.35. The number of carbonyl (C=O) groups excluding carboxylic acids is 1. The number of amides is 1. The number of halogens is 1. The molecule has 0 aliphatic heterocycles. The SMILES string of the molecule is O=C(Cc1ccccc1F)Nc1ccc(O)cc1C(=O)O. The number of aromatic carboxylic acids is 1. The molecule has 0 saturated carbocycles. The van der Waals surface area contributed by atoms with Gasteiger partial charge in [0, 0.05) is 0 Å². The van der Waals surface area contributed by atoms with Crippen molar-refractivity contribution in [3.05, 3.63) is 59.4 Å². The normalized spacial score (nSPS) is 10.1. The Balaban J connectivity index is 2.17. The molecule has 108 valence electrons. The Morgan fingerprint density at radius 1 is 1.14 bits per heavy atom. The molecule has 0 atom stereocenters. The summed E-state index contributed by atoms with van der Waals surface area (Å²) in [5, 5.41) is 20.7. The van der Waals surface area contributed by atoms with Crippen molar-refractivity contribution < 1.29 is 24.2 Å². The number of carboxylic acid groups (broad SMARTS) is 1. The maximum absolute atomic E-state index is 13.4. The molecule has 0 heterocycles. The van der Waals surface area contributed by atoms with Crippen LogP contribution in [0.1, 0.15) is 15.9 Å². The average molecular weight is 289 g/mol. The smallest absolute Gasteiger partial charge is 0.337 e. The van der Waals surface area contributed by atoms with Crippen molar-refractivity contribution in [1.29, 1.82) is 0 Å². The fourth-order valence-electron chi connectivity index (χ4n) is 1.83. The van der Waals surface area contributed by atoms with Crippen LogP contribution in [0.25, 0.3) is 0 Å². The highest BCUT2D eigenvalue weighted by molar-refractivity contribution is 6.01. The van der Waals surface area contributed by atoms with Gasteiger partial charge in [-0.1, -0.05) is 18.2 Å². The maximum Gasteiger partial charge on any atom is 0.337 e. The molecule has 2 aromatic carbocycles. The number of aromatic hydroxyl groups is 1. The average Bonchev–Trinajstić information content (AvgIpc) is 2.43. The van der Waals surface area contributed by atoms with Crippen LogP contribution in [0.15, 0.2) is 42.5 Å². The summed E-state index contributed by atoms with van der Waals surface area (Å²) in [6.45, 7) is 0. The Labute approximate surface area is 119 Å². The van der Waals surface area contributed by atoms with Crippen LogP contribution >= 0.6 is 0 Å². The zero-order valence-corrected chi connectivity index (χ0v) is 10.8. The fraction of sp³-hybridized carbons (Fsp3) is 0.0667. The van der Waals surface area contributed by atoms with E-state index >= 15 is 0 Å². The molecule has 1 amide bonds. The lowest BCUT2D eigenvalue weighted by molar-refractivity contribution is -0.115. The minimum atomic E-state index is -1.29. The quantitative estimate of drug-likeness (QED) is 0.754. The molecule has 0 unspecified atom stereocenters. The molecule has 0 bridgehead atoms. The first-order chi connectivity index (χ1) is 9.97. The number of carboxylic acids is 1. The van der Waals surface area contributed by atoms with E-state index in [4.69, 9.17) is 5.11 Å². The Morgan fingerprint density at radius 2 is 1.86 bits per heavy atom. The summed E-state index contributed by atoms with van der Waals surface area (Å²) in [5.74, 6) is -2.56. The number of hydrogen-bond acceptors (Lipinski definition) is 3. The van der Waals surface area contributed by atoms with Crippen LogP contribution in [0.5, 0.6) is 5.75 Å². The predicted molar refractivity (Wildman–Crippen MR) is 73.8 cm³/mol. The van der Waals surface area contributed by atoms with E-state index in [1.54, 1.807) is 6.07 Å². The highest BCUT2D eigenvalue weighted by Crippen LogP contribution is 2.21. The van der Waals surface area contributed by atoms with Crippen molar-refractivity contribution in [3.8, 4) is 5.75 Å². The van der Waals surface area contributed by atoms with E-state index < -0.39 is 17.7 Å². The van der Waals surface area contributed by atoms with Gasteiger partial charge < -0.3 is 15.5 Å². The molecule has 0 saturated heterocycles. The van der Waals surface area contributed by atoms with Gasteiger partial charge >= 0.3 is 5.97 Å². The molecule has 5 nitrogen and oxygen atoms in total. The van der Waals surface area contributed by atoms with Crippen molar-refractivity contribution >= 4 is 17.6 Å². The molecule has 0 aliphatic rings. The second kappa shape index (κ2) is 6.04. The summed E-state index contributed by atoms with van der Waals surface area (Å²) in [6.07, 6.45) is -0.216. The van der Waals surface area contributed by atoms with Crippen LogP contribution in [0.3, 0.4) is 0 Å². The molecule has 0 aromatic heterocycles.